The number of nitrogens with zero attached hydrogens (tertiary/aromatic N) is 1. The maximum atomic E-state index is 12.0. The van der Waals surface area contributed by atoms with Crippen LogP contribution < -0.4 is 5.32 Å². The van der Waals surface area contributed by atoms with Gasteiger partial charge in [-0.15, -0.1) is 0 Å². The summed E-state index contributed by atoms with van der Waals surface area (Å²) >= 11 is 0. The summed E-state index contributed by atoms with van der Waals surface area (Å²) in [6.07, 6.45) is 1.83. The molecule has 1 N–H and O–H groups in total. The summed E-state index contributed by atoms with van der Waals surface area (Å²) in [6, 6.07) is 4.31. The quantitative estimate of drug-likeness (QED) is 0.872. The SMILES string of the molecule is CCc1cc(S(=O)(=O)Cl)cc(C)c1NC(=O)c1ccon1. The van der Waals surface area contributed by atoms with Gasteiger partial charge in [0.25, 0.3) is 15.0 Å². The van der Waals surface area contributed by atoms with Gasteiger partial charge >= 0.3 is 0 Å². The molecule has 0 saturated heterocycles. The first-order chi connectivity index (χ1) is 9.82. The molecule has 1 aromatic heterocycles. The molecule has 21 heavy (non-hydrogen) atoms. The van der Waals surface area contributed by atoms with Gasteiger partial charge in [-0.1, -0.05) is 12.1 Å². The maximum Gasteiger partial charge on any atom is 0.277 e. The summed E-state index contributed by atoms with van der Waals surface area (Å²) in [6.45, 7) is 3.55. The van der Waals surface area contributed by atoms with Crippen molar-refractivity contribution in [2.75, 3.05) is 5.32 Å². The number of rotatable bonds is 4. The number of hydrogen-bond donors (Lipinski definition) is 1. The molecule has 8 heteroatoms. The average molecular weight is 329 g/mol. The van der Waals surface area contributed by atoms with E-state index < -0.39 is 15.0 Å². The number of carbonyl (C=O) groups is 1. The minimum absolute atomic E-state index is 0.0120. The fourth-order valence-electron chi connectivity index (χ4n) is 1.93. The molecule has 0 atom stereocenters. The highest BCUT2D eigenvalue weighted by molar-refractivity contribution is 8.13. The Kier molecular flexibility index (Phi) is 4.34. The Morgan fingerprint density at radius 1 is 1.43 bits per heavy atom. The van der Waals surface area contributed by atoms with Crippen molar-refractivity contribution in [1.82, 2.24) is 5.16 Å². The maximum absolute atomic E-state index is 12.0. The lowest BCUT2D eigenvalue weighted by atomic mass is 10.1. The molecule has 0 aliphatic heterocycles. The van der Waals surface area contributed by atoms with Crippen molar-refractivity contribution in [2.45, 2.75) is 25.2 Å². The van der Waals surface area contributed by atoms with Crippen LogP contribution in [0.1, 0.15) is 28.5 Å². The molecule has 6 nitrogen and oxygen atoms in total. The zero-order valence-electron chi connectivity index (χ0n) is 11.4. The second-order valence-electron chi connectivity index (χ2n) is 4.40. The fourth-order valence-corrected chi connectivity index (χ4v) is 2.80. The molecule has 1 aromatic carbocycles. The lowest BCUT2D eigenvalue weighted by Gasteiger charge is -2.13. The smallest absolute Gasteiger partial charge is 0.277 e. The predicted molar refractivity (Wildman–Crippen MR) is 78.1 cm³/mol. The lowest BCUT2D eigenvalue weighted by Crippen LogP contribution is -2.15. The van der Waals surface area contributed by atoms with Gasteiger partial charge in [-0.3, -0.25) is 4.79 Å². The van der Waals surface area contributed by atoms with E-state index in [1.165, 1.54) is 24.5 Å². The van der Waals surface area contributed by atoms with Crippen molar-refractivity contribution in [3.05, 3.63) is 41.3 Å². The molecule has 0 unspecified atom stereocenters. The van der Waals surface area contributed by atoms with Crippen LogP contribution in [0.4, 0.5) is 5.69 Å². The van der Waals surface area contributed by atoms with E-state index >= 15 is 0 Å². The molecule has 0 aliphatic carbocycles. The number of hydrogen-bond acceptors (Lipinski definition) is 5. The van der Waals surface area contributed by atoms with Crippen molar-refractivity contribution in [2.24, 2.45) is 0 Å². The van der Waals surface area contributed by atoms with Gasteiger partial charge in [-0.05, 0) is 36.6 Å². The molecule has 0 spiro atoms. The molecule has 1 amide bonds. The average Bonchev–Trinajstić information content (AvgIpc) is 2.93. The molecule has 1 heterocycles. The highest BCUT2D eigenvalue weighted by atomic mass is 35.7. The number of amides is 1. The minimum Gasteiger partial charge on any atom is -0.364 e. The highest BCUT2D eigenvalue weighted by Crippen LogP contribution is 2.27. The molecular formula is C13H13ClN2O4S. The van der Waals surface area contributed by atoms with E-state index in [9.17, 15) is 13.2 Å². The van der Waals surface area contributed by atoms with Crippen LogP contribution in [0.15, 0.2) is 33.9 Å². The van der Waals surface area contributed by atoms with Crippen LogP contribution in [0.25, 0.3) is 0 Å². The monoisotopic (exact) mass is 328 g/mol. The summed E-state index contributed by atoms with van der Waals surface area (Å²) in [5, 5.41) is 6.26. The number of benzene rings is 1. The number of aryl methyl sites for hydroxylation is 2. The van der Waals surface area contributed by atoms with Crippen molar-refractivity contribution >= 4 is 31.3 Å². The standard InChI is InChI=1S/C13H13ClN2O4S/c1-3-9-7-10(21(14,18)19)6-8(2)12(9)15-13(17)11-4-5-20-16-11/h4-7H,3H2,1-2H3,(H,15,17). The Labute approximate surface area is 126 Å². The van der Waals surface area contributed by atoms with E-state index in [0.717, 1.165) is 0 Å². The van der Waals surface area contributed by atoms with Gasteiger partial charge in [0.2, 0.25) is 0 Å². The van der Waals surface area contributed by atoms with Crippen molar-refractivity contribution in [3.63, 3.8) is 0 Å². The van der Waals surface area contributed by atoms with E-state index in [1.54, 1.807) is 6.92 Å². The van der Waals surface area contributed by atoms with Gasteiger partial charge in [0.05, 0.1) is 4.90 Å². The highest BCUT2D eigenvalue weighted by Gasteiger charge is 2.17. The van der Waals surface area contributed by atoms with E-state index in [1.807, 2.05) is 6.92 Å². The summed E-state index contributed by atoms with van der Waals surface area (Å²) < 4.78 is 27.5. The summed E-state index contributed by atoms with van der Waals surface area (Å²) in [4.78, 5) is 12.0. The third-order valence-corrected chi connectivity index (χ3v) is 4.30. The minimum atomic E-state index is -3.81. The number of nitrogens with one attached hydrogen (secondary N) is 1. The van der Waals surface area contributed by atoms with Crippen LogP contribution in [0.2, 0.25) is 0 Å². The van der Waals surface area contributed by atoms with E-state index in [-0.39, 0.29) is 10.6 Å². The summed E-state index contributed by atoms with van der Waals surface area (Å²) in [5.74, 6) is -0.428. The van der Waals surface area contributed by atoms with Crippen LogP contribution >= 0.6 is 10.7 Å². The van der Waals surface area contributed by atoms with Gasteiger partial charge in [-0.2, -0.15) is 0 Å². The molecule has 0 radical (unpaired) electrons. The number of anilines is 1. The molecule has 0 saturated carbocycles. The van der Waals surface area contributed by atoms with Crippen LogP contribution in [0, 0.1) is 6.92 Å². The van der Waals surface area contributed by atoms with E-state index in [2.05, 4.69) is 15.0 Å². The Bertz CT molecular complexity index is 770. The van der Waals surface area contributed by atoms with Crippen LogP contribution in [0.3, 0.4) is 0 Å². The number of carbonyl (C=O) groups excluding carboxylic acids is 1. The Morgan fingerprint density at radius 3 is 2.67 bits per heavy atom. The van der Waals surface area contributed by atoms with Gasteiger partial charge in [0.1, 0.15) is 6.26 Å². The zero-order chi connectivity index (χ0) is 15.6. The second-order valence-corrected chi connectivity index (χ2v) is 6.97. The first kappa shape index (κ1) is 15.5. The van der Waals surface area contributed by atoms with Crippen molar-refractivity contribution < 1.29 is 17.7 Å². The second kappa shape index (κ2) is 5.87. The van der Waals surface area contributed by atoms with Gasteiger partial charge < -0.3 is 9.84 Å². The van der Waals surface area contributed by atoms with Gasteiger partial charge in [0, 0.05) is 22.4 Å². The summed E-state index contributed by atoms with van der Waals surface area (Å²) in [7, 11) is 1.55. The third-order valence-electron chi connectivity index (χ3n) is 2.96. The van der Waals surface area contributed by atoms with Crippen molar-refractivity contribution in [3.8, 4) is 0 Å². The predicted octanol–water partition coefficient (Wildman–Crippen LogP) is 2.73. The summed E-state index contributed by atoms with van der Waals surface area (Å²) in [5.41, 5.74) is 1.97. The number of aromatic nitrogens is 1. The molecular weight excluding hydrogens is 316 g/mol. The third kappa shape index (κ3) is 3.43. The van der Waals surface area contributed by atoms with Gasteiger partial charge in [0.15, 0.2) is 5.69 Å². The Morgan fingerprint density at radius 2 is 2.14 bits per heavy atom. The van der Waals surface area contributed by atoms with Gasteiger partial charge in [-0.25, -0.2) is 8.42 Å². The van der Waals surface area contributed by atoms with Crippen LogP contribution in [0.5, 0.6) is 0 Å². The fraction of sp³-hybridized carbons (Fsp3) is 0.231. The Balaban J connectivity index is 2.42. The van der Waals surface area contributed by atoms with Crippen LogP contribution in [-0.2, 0) is 15.5 Å². The molecule has 0 aliphatic rings. The topological polar surface area (TPSA) is 89.3 Å². The first-order valence-corrected chi connectivity index (χ1v) is 8.43. The lowest BCUT2D eigenvalue weighted by molar-refractivity contribution is 0.101. The normalized spacial score (nSPS) is 11.4. The molecule has 2 aromatic rings. The molecule has 2 rings (SSSR count). The van der Waals surface area contributed by atoms with Crippen LogP contribution in [-0.4, -0.2) is 19.5 Å². The first-order valence-electron chi connectivity index (χ1n) is 6.13. The molecule has 0 fully saturated rings. The molecule has 112 valence electrons. The largest absolute Gasteiger partial charge is 0.364 e. The number of halogens is 1. The zero-order valence-corrected chi connectivity index (χ0v) is 13.0. The Hall–Kier alpha value is -1.86. The van der Waals surface area contributed by atoms with E-state index in [4.69, 9.17) is 10.7 Å². The van der Waals surface area contributed by atoms with Crippen molar-refractivity contribution in [1.29, 1.82) is 0 Å². The molecule has 0 bridgehead atoms. The van der Waals surface area contributed by atoms with E-state index in [0.29, 0.717) is 23.2 Å².